The second-order valence-corrected chi connectivity index (χ2v) is 10.5. The Morgan fingerprint density at radius 1 is 1.00 bits per heavy atom. The van der Waals surface area contributed by atoms with Crippen molar-refractivity contribution in [2.24, 2.45) is 40.4 Å². The Morgan fingerprint density at radius 2 is 1.77 bits per heavy atom. The van der Waals surface area contributed by atoms with Gasteiger partial charge in [0.15, 0.2) is 5.79 Å². The molecular formula is C22H36O4. The summed E-state index contributed by atoms with van der Waals surface area (Å²) in [6, 6.07) is 0. The van der Waals surface area contributed by atoms with Gasteiger partial charge in [-0.3, -0.25) is 4.79 Å². The maximum Gasteiger partial charge on any atom is 0.303 e. The van der Waals surface area contributed by atoms with E-state index < -0.39 is 17.2 Å². The van der Waals surface area contributed by atoms with E-state index in [1.807, 2.05) is 0 Å². The van der Waals surface area contributed by atoms with Gasteiger partial charge < -0.3 is 15.3 Å². The van der Waals surface area contributed by atoms with E-state index in [0.717, 1.165) is 31.6 Å². The van der Waals surface area contributed by atoms with Crippen LogP contribution in [0.15, 0.2) is 0 Å². The van der Waals surface area contributed by atoms with Crippen molar-refractivity contribution in [3.05, 3.63) is 0 Å². The van der Waals surface area contributed by atoms with Crippen molar-refractivity contribution in [1.82, 2.24) is 0 Å². The van der Waals surface area contributed by atoms with Gasteiger partial charge in [0.05, 0.1) is 6.42 Å². The van der Waals surface area contributed by atoms with Crippen molar-refractivity contribution < 1.29 is 20.1 Å². The molecule has 148 valence electrons. The highest BCUT2D eigenvalue weighted by Crippen LogP contribution is 2.69. The molecule has 0 unspecified atom stereocenters. The van der Waals surface area contributed by atoms with E-state index in [9.17, 15) is 20.1 Å². The van der Waals surface area contributed by atoms with Gasteiger partial charge in [0.2, 0.25) is 0 Å². The molecule has 0 amide bonds. The molecule has 0 spiro atoms. The fourth-order valence-corrected chi connectivity index (χ4v) is 8.55. The highest BCUT2D eigenvalue weighted by atomic mass is 16.5. The Bertz CT molecular complexity index is 567. The van der Waals surface area contributed by atoms with Crippen molar-refractivity contribution in [1.29, 1.82) is 0 Å². The summed E-state index contributed by atoms with van der Waals surface area (Å²) in [5, 5.41) is 30.5. The lowest BCUT2D eigenvalue weighted by atomic mass is 9.44. The molecule has 0 aliphatic heterocycles. The normalized spacial score (nSPS) is 48.4. The second kappa shape index (κ2) is 6.20. The van der Waals surface area contributed by atoms with Gasteiger partial charge in [-0.15, -0.1) is 0 Å². The monoisotopic (exact) mass is 364 g/mol. The topological polar surface area (TPSA) is 77.8 Å². The van der Waals surface area contributed by atoms with Gasteiger partial charge >= 0.3 is 5.97 Å². The van der Waals surface area contributed by atoms with Crippen LogP contribution in [0.3, 0.4) is 0 Å². The molecule has 0 bridgehead atoms. The van der Waals surface area contributed by atoms with Gasteiger partial charge in [-0.25, -0.2) is 0 Å². The van der Waals surface area contributed by atoms with Crippen molar-refractivity contribution >= 4 is 5.97 Å². The third kappa shape index (κ3) is 2.66. The Morgan fingerprint density at radius 3 is 2.46 bits per heavy atom. The quantitative estimate of drug-likeness (QED) is 0.656. The lowest BCUT2D eigenvalue weighted by molar-refractivity contribution is -0.227. The van der Waals surface area contributed by atoms with Crippen LogP contribution in [0.4, 0.5) is 0 Å². The van der Waals surface area contributed by atoms with Gasteiger partial charge in [0, 0.05) is 5.92 Å². The predicted octanol–water partition coefficient (Wildman–Crippen LogP) is 4.19. The molecule has 0 aromatic rings. The maximum absolute atomic E-state index is 11.8. The summed E-state index contributed by atoms with van der Waals surface area (Å²) in [4.78, 5) is 11.8. The molecule has 4 fully saturated rings. The van der Waals surface area contributed by atoms with Crippen LogP contribution in [-0.2, 0) is 4.79 Å². The fraction of sp³-hybridized carbons (Fsp3) is 0.955. The smallest absolute Gasteiger partial charge is 0.303 e. The van der Waals surface area contributed by atoms with Crippen molar-refractivity contribution in [2.45, 2.75) is 90.3 Å². The molecule has 0 heterocycles. The van der Waals surface area contributed by atoms with E-state index in [4.69, 9.17) is 0 Å². The summed E-state index contributed by atoms with van der Waals surface area (Å²) >= 11 is 0. The van der Waals surface area contributed by atoms with Crippen LogP contribution >= 0.6 is 0 Å². The molecule has 4 aliphatic carbocycles. The van der Waals surface area contributed by atoms with Gasteiger partial charge in [0.25, 0.3) is 0 Å². The summed E-state index contributed by atoms with van der Waals surface area (Å²) < 4.78 is 0. The Balaban J connectivity index is 1.68. The molecule has 4 heteroatoms. The maximum atomic E-state index is 11.8. The number of hydrogen-bond donors (Lipinski definition) is 3. The number of carbonyl (C=O) groups is 1. The van der Waals surface area contributed by atoms with Gasteiger partial charge in [-0.05, 0) is 92.8 Å². The van der Waals surface area contributed by atoms with Crippen LogP contribution in [-0.4, -0.2) is 27.1 Å². The van der Waals surface area contributed by atoms with E-state index in [2.05, 4.69) is 6.92 Å². The number of fused-ring (bicyclic) bond motifs is 5. The van der Waals surface area contributed by atoms with E-state index in [-0.39, 0.29) is 12.3 Å². The third-order valence-corrected chi connectivity index (χ3v) is 9.44. The van der Waals surface area contributed by atoms with Crippen molar-refractivity contribution in [3.63, 3.8) is 0 Å². The second-order valence-electron chi connectivity index (χ2n) is 10.5. The average Bonchev–Trinajstić information content (AvgIpc) is 2.92. The van der Waals surface area contributed by atoms with E-state index in [0.29, 0.717) is 23.2 Å². The Labute approximate surface area is 157 Å². The SMILES string of the molecule is CC(O)(O)[C@H]1CC[C@H]2[C@@H]3CC[C@H]4CCCC[C@]4(C)[C@H]3CC[C@]12CC(=O)O. The highest BCUT2D eigenvalue weighted by molar-refractivity contribution is 5.68. The van der Waals surface area contributed by atoms with Crippen molar-refractivity contribution in [3.8, 4) is 0 Å². The summed E-state index contributed by atoms with van der Waals surface area (Å²) in [6.45, 7) is 3.99. The Kier molecular flexibility index (Phi) is 4.47. The molecule has 4 aliphatic rings. The molecule has 0 saturated heterocycles. The molecule has 4 saturated carbocycles. The summed E-state index contributed by atoms with van der Waals surface area (Å²) in [5.41, 5.74) is -0.000513. The van der Waals surface area contributed by atoms with Gasteiger partial charge in [0.1, 0.15) is 0 Å². The number of aliphatic carboxylic acids is 1. The van der Waals surface area contributed by atoms with Crippen LogP contribution < -0.4 is 0 Å². The minimum atomic E-state index is -1.77. The Hall–Kier alpha value is -0.610. The largest absolute Gasteiger partial charge is 0.481 e. The minimum absolute atomic E-state index is 0.0996. The van der Waals surface area contributed by atoms with Crippen molar-refractivity contribution in [2.75, 3.05) is 0 Å². The zero-order valence-electron chi connectivity index (χ0n) is 16.4. The predicted molar refractivity (Wildman–Crippen MR) is 99.3 cm³/mol. The molecule has 4 rings (SSSR count). The standard InChI is InChI=1S/C22H36O4/c1-20-11-4-3-5-14(20)6-7-15-16(20)10-12-22(13-19(23)24)17(15)8-9-18(22)21(2,25)26/h14-18,25-26H,3-13H2,1-2H3,(H,23,24)/t14-,15-,16+,17+,18-,20+,22-/m1/s1. The van der Waals surface area contributed by atoms with Crippen LogP contribution in [0.25, 0.3) is 0 Å². The van der Waals surface area contributed by atoms with Crippen LogP contribution in [0.1, 0.15) is 84.5 Å². The van der Waals surface area contributed by atoms with Crippen LogP contribution in [0, 0.1) is 40.4 Å². The highest BCUT2D eigenvalue weighted by Gasteiger charge is 2.64. The number of carboxylic acid groups (broad SMARTS) is 1. The van der Waals surface area contributed by atoms with E-state index >= 15 is 0 Å². The fourth-order valence-electron chi connectivity index (χ4n) is 8.55. The van der Waals surface area contributed by atoms with Crippen LogP contribution in [0.2, 0.25) is 0 Å². The third-order valence-electron chi connectivity index (χ3n) is 9.44. The summed E-state index contributed by atoms with van der Waals surface area (Å²) in [6.07, 6.45) is 11.7. The zero-order valence-corrected chi connectivity index (χ0v) is 16.4. The number of aliphatic hydroxyl groups is 2. The lowest BCUT2D eigenvalue weighted by Crippen LogP contribution is -2.56. The molecular weight excluding hydrogens is 328 g/mol. The molecule has 26 heavy (non-hydrogen) atoms. The zero-order chi connectivity index (χ0) is 18.7. The van der Waals surface area contributed by atoms with E-state index in [1.165, 1.54) is 45.4 Å². The van der Waals surface area contributed by atoms with Gasteiger partial charge in [-0.1, -0.05) is 19.8 Å². The average molecular weight is 365 g/mol. The lowest BCUT2D eigenvalue weighted by Gasteiger charge is -2.61. The molecule has 7 atom stereocenters. The van der Waals surface area contributed by atoms with Crippen LogP contribution in [0.5, 0.6) is 0 Å². The first kappa shape index (κ1) is 18.7. The first-order valence-corrected chi connectivity index (χ1v) is 10.8. The first-order chi connectivity index (χ1) is 12.2. The minimum Gasteiger partial charge on any atom is -0.481 e. The van der Waals surface area contributed by atoms with Gasteiger partial charge in [-0.2, -0.15) is 0 Å². The summed E-state index contributed by atoms with van der Waals surface area (Å²) in [5.74, 6) is -0.381. The molecule has 0 radical (unpaired) electrons. The number of hydrogen-bond acceptors (Lipinski definition) is 3. The summed E-state index contributed by atoms with van der Waals surface area (Å²) in [7, 11) is 0. The molecule has 3 N–H and O–H groups in total. The molecule has 0 aromatic carbocycles. The van der Waals surface area contributed by atoms with E-state index in [1.54, 1.807) is 0 Å². The molecule has 0 aromatic heterocycles. The first-order valence-electron chi connectivity index (χ1n) is 10.8. The number of carboxylic acids is 1. The number of rotatable bonds is 3. The molecule has 4 nitrogen and oxygen atoms in total.